The molecule has 1 amide bonds. The Kier molecular flexibility index (Phi) is 5.89. The summed E-state index contributed by atoms with van der Waals surface area (Å²) in [5, 5.41) is 11.4. The largest absolute Gasteiger partial charge is 0.277 e. The molecule has 0 fully saturated rings. The first kappa shape index (κ1) is 22.0. The smallest absolute Gasteiger partial charge is 0.267 e. The lowest BCUT2D eigenvalue weighted by Crippen LogP contribution is -2.42. The van der Waals surface area contributed by atoms with E-state index in [0.717, 1.165) is 27.3 Å². The Hall–Kier alpha value is -4.49. The molecule has 3 heterocycles. The third-order valence-corrected chi connectivity index (χ3v) is 6.98. The van der Waals surface area contributed by atoms with Gasteiger partial charge in [-0.25, -0.2) is 9.69 Å². The predicted molar refractivity (Wildman–Crippen MR) is 142 cm³/mol. The summed E-state index contributed by atoms with van der Waals surface area (Å²) in [6.45, 7) is 0. The summed E-state index contributed by atoms with van der Waals surface area (Å²) in [4.78, 5) is 19.2. The summed E-state index contributed by atoms with van der Waals surface area (Å²) in [7, 11) is 0. The topological polar surface area (TPSA) is 63.9 Å². The molecule has 174 valence electrons. The number of rotatable bonds is 5. The van der Waals surface area contributed by atoms with E-state index in [1.165, 1.54) is 11.8 Å². The zero-order chi connectivity index (χ0) is 24.3. The van der Waals surface area contributed by atoms with Crippen molar-refractivity contribution in [2.75, 3.05) is 5.01 Å². The number of aromatic nitrogens is 4. The SMILES string of the molecule is O=C(c1ccncc1)N1C(c2ccccc2)=C(c2ccccc2)Sc2nnc(Cc3ccccc3)n21. The third kappa shape index (κ3) is 4.10. The predicted octanol–water partition coefficient (Wildman–Crippen LogP) is 5.67. The monoisotopic (exact) mass is 487 g/mol. The van der Waals surface area contributed by atoms with Crippen molar-refractivity contribution in [1.82, 2.24) is 19.9 Å². The van der Waals surface area contributed by atoms with E-state index in [1.54, 1.807) is 29.5 Å². The van der Waals surface area contributed by atoms with Gasteiger partial charge < -0.3 is 0 Å². The number of fused-ring (bicyclic) bond motifs is 1. The van der Waals surface area contributed by atoms with Crippen molar-refractivity contribution in [2.24, 2.45) is 0 Å². The van der Waals surface area contributed by atoms with E-state index in [1.807, 2.05) is 71.4 Å². The fourth-order valence-corrected chi connectivity index (χ4v) is 5.32. The number of hydrogen-bond donors (Lipinski definition) is 0. The summed E-state index contributed by atoms with van der Waals surface area (Å²) >= 11 is 1.52. The number of benzene rings is 3. The highest BCUT2D eigenvalue weighted by Crippen LogP contribution is 2.45. The van der Waals surface area contributed by atoms with Crippen molar-refractivity contribution in [3.8, 4) is 0 Å². The van der Waals surface area contributed by atoms with Crippen LogP contribution in [0, 0.1) is 0 Å². The number of carbonyl (C=O) groups excluding carboxylic acids is 1. The normalized spacial score (nSPS) is 12.9. The molecule has 0 saturated carbocycles. The lowest BCUT2D eigenvalue weighted by atomic mass is 10.1. The van der Waals surface area contributed by atoms with E-state index < -0.39 is 0 Å². The molecule has 0 unspecified atom stereocenters. The van der Waals surface area contributed by atoms with E-state index in [2.05, 4.69) is 39.4 Å². The second-order valence-corrected chi connectivity index (χ2v) is 9.22. The van der Waals surface area contributed by atoms with Gasteiger partial charge in [-0.05, 0) is 35.0 Å². The number of pyridine rings is 1. The minimum atomic E-state index is -0.180. The van der Waals surface area contributed by atoms with Crippen molar-refractivity contribution in [3.05, 3.63) is 144 Å². The Bertz CT molecular complexity index is 1530. The van der Waals surface area contributed by atoms with Gasteiger partial charge in [0.1, 0.15) is 0 Å². The lowest BCUT2D eigenvalue weighted by Gasteiger charge is -2.34. The van der Waals surface area contributed by atoms with E-state index in [9.17, 15) is 4.79 Å². The molecule has 0 aliphatic carbocycles. The standard InChI is InChI=1S/C29H21N5OS/c35-28(24-16-18-30-19-17-24)34-26(22-12-6-2-7-13-22)27(23-14-8-3-9-15-23)36-29-32-31-25(33(29)34)20-21-10-4-1-5-11-21/h1-19H,20H2. The number of amides is 1. The summed E-state index contributed by atoms with van der Waals surface area (Å²) in [5.41, 5.74) is 4.34. The highest BCUT2D eigenvalue weighted by atomic mass is 32.2. The van der Waals surface area contributed by atoms with Crippen LogP contribution in [0.2, 0.25) is 0 Å². The fraction of sp³-hybridized carbons (Fsp3) is 0.0345. The van der Waals surface area contributed by atoms with Gasteiger partial charge in [0.15, 0.2) is 5.82 Å². The third-order valence-electron chi connectivity index (χ3n) is 5.90. The minimum absolute atomic E-state index is 0.180. The molecule has 3 aromatic carbocycles. The van der Waals surface area contributed by atoms with Crippen LogP contribution in [0.3, 0.4) is 0 Å². The Morgan fingerprint density at radius 3 is 2.00 bits per heavy atom. The Balaban J connectivity index is 1.59. The van der Waals surface area contributed by atoms with Crippen LogP contribution < -0.4 is 5.01 Å². The molecular weight excluding hydrogens is 466 g/mol. The van der Waals surface area contributed by atoms with Crippen molar-refractivity contribution >= 4 is 28.3 Å². The highest BCUT2D eigenvalue weighted by molar-refractivity contribution is 8.08. The van der Waals surface area contributed by atoms with Crippen LogP contribution in [0.5, 0.6) is 0 Å². The summed E-state index contributed by atoms with van der Waals surface area (Å²) < 4.78 is 1.86. The first-order valence-corrected chi connectivity index (χ1v) is 12.4. The van der Waals surface area contributed by atoms with Gasteiger partial charge in [-0.15, -0.1) is 10.2 Å². The molecule has 0 bridgehead atoms. The molecule has 1 aliphatic rings. The van der Waals surface area contributed by atoms with Crippen molar-refractivity contribution in [2.45, 2.75) is 11.6 Å². The van der Waals surface area contributed by atoms with Crippen molar-refractivity contribution < 1.29 is 4.79 Å². The Morgan fingerprint density at radius 1 is 0.722 bits per heavy atom. The fourth-order valence-electron chi connectivity index (χ4n) is 4.23. The van der Waals surface area contributed by atoms with E-state index in [4.69, 9.17) is 0 Å². The number of thioether (sulfide) groups is 1. The maximum absolute atomic E-state index is 14.2. The Labute approximate surface area is 212 Å². The zero-order valence-electron chi connectivity index (χ0n) is 19.2. The van der Waals surface area contributed by atoms with Gasteiger partial charge in [0.2, 0.25) is 5.16 Å². The molecule has 0 radical (unpaired) electrons. The molecule has 0 saturated heterocycles. The first-order chi connectivity index (χ1) is 17.8. The summed E-state index contributed by atoms with van der Waals surface area (Å²) in [6, 6.07) is 33.6. The van der Waals surface area contributed by atoms with Gasteiger partial charge in [-0.2, -0.15) is 0 Å². The molecule has 0 N–H and O–H groups in total. The molecule has 6 nitrogen and oxygen atoms in total. The summed E-state index contributed by atoms with van der Waals surface area (Å²) in [5.74, 6) is 0.506. The molecule has 6 rings (SSSR count). The average molecular weight is 488 g/mol. The minimum Gasteiger partial charge on any atom is -0.267 e. The van der Waals surface area contributed by atoms with Gasteiger partial charge in [-0.3, -0.25) is 9.78 Å². The maximum atomic E-state index is 14.2. The quantitative estimate of drug-likeness (QED) is 0.319. The lowest BCUT2D eigenvalue weighted by molar-refractivity contribution is 0.0973. The zero-order valence-corrected chi connectivity index (χ0v) is 20.0. The van der Waals surface area contributed by atoms with Crippen molar-refractivity contribution in [3.63, 3.8) is 0 Å². The van der Waals surface area contributed by atoms with Gasteiger partial charge in [0.25, 0.3) is 5.91 Å². The maximum Gasteiger partial charge on any atom is 0.277 e. The van der Waals surface area contributed by atoms with Crippen LogP contribution in [0.15, 0.2) is 121 Å². The Morgan fingerprint density at radius 2 is 1.33 bits per heavy atom. The van der Waals surface area contributed by atoms with E-state index >= 15 is 0 Å². The van der Waals surface area contributed by atoms with Gasteiger partial charge >= 0.3 is 0 Å². The second kappa shape index (κ2) is 9.64. The van der Waals surface area contributed by atoms with Gasteiger partial charge in [0.05, 0.1) is 5.70 Å². The molecule has 0 atom stereocenters. The molecule has 7 heteroatoms. The molecule has 36 heavy (non-hydrogen) atoms. The second-order valence-electron chi connectivity index (χ2n) is 8.24. The summed E-state index contributed by atoms with van der Waals surface area (Å²) in [6.07, 6.45) is 3.80. The van der Waals surface area contributed by atoms with Crippen LogP contribution in [0.1, 0.15) is 32.9 Å². The molecule has 5 aromatic rings. The molecule has 1 aliphatic heterocycles. The number of nitrogens with zero attached hydrogens (tertiary/aromatic N) is 5. The van der Waals surface area contributed by atoms with Crippen LogP contribution in [-0.4, -0.2) is 25.8 Å². The molecule has 2 aromatic heterocycles. The number of carbonyl (C=O) groups is 1. The van der Waals surface area contributed by atoms with Gasteiger partial charge in [0, 0.05) is 34.8 Å². The van der Waals surface area contributed by atoms with Gasteiger partial charge in [-0.1, -0.05) is 91.0 Å². The van der Waals surface area contributed by atoms with E-state index in [0.29, 0.717) is 23.0 Å². The average Bonchev–Trinajstić information content (AvgIpc) is 3.35. The van der Waals surface area contributed by atoms with Crippen LogP contribution >= 0.6 is 11.8 Å². The first-order valence-electron chi connectivity index (χ1n) is 11.6. The van der Waals surface area contributed by atoms with Crippen LogP contribution in [0.25, 0.3) is 10.6 Å². The highest BCUT2D eigenvalue weighted by Gasteiger charge is 2.35. The van der Waals surface area contributed by atoms with Crippen LogP contribution in [-0.2, 0) is 6.42 Å². The van der Waals surface area contributed by atoms with E-state index in [-0.39, 0.29) is 5.91 Å². The van der Waals surface area contributed by atoms with Crippen LogP contribution in [0.4, 0.5) is 0 Å². The molecule has 0 spiro atoms. The van der Waals surface area contributed by atoms with Crippen molar-refractivity contribution in [1.29, 1.82) is 0 Å². The molecular formula is C29H21N5OS. The number of hydrogen-bond acceptors (Lipinski definition) is 5.